The molecule has 1 heterocycles. The molecule has 1 saturated heterocycles. The molecular weight excluding hydrogens is 289 g/mol. The summed E-state index contributed by atoms with van der Waals surface area (Å²) in [5, 5.41) is 0. The minimum atomic E-state index is -4.45. The Balaban J connectivity index is 1.92. The molecule has 0 radical (unpaired) electrons. The second-order valence-corrected chi connectivity index (χ2v) is 5.98. The molecule has 1 aliphatic heterocycles. The molecular formula is C18H15F3O. The van der Waals surface area contributed by atoms with Gasteiger partial charge in [0.2, 0.25) is 5.60 Å². The van der Waals surface area contributed by atoms with Gasteiger partial charge in [-0.3, -0.25) is 0 Å². The molecule has 2 aliphatic rings. The molecule has 22 heavy (non-hydrogen) atoms. The number of hydrogen-bond donors (Lipinski definition) is 0. The van der Waals surface area contributed by atoms with Crippen LogP contribution < -0.4 is 0 Å². The van der Waals surface area contributed by atoms with Gasteiger partial charge in [0.1, 0.15) is 5.60 Å². The van der Waals surface area contributed by atoms with Crippen molar-refractivity contribution in [1.82, 2.24) is 0 Å². The minimum Gasteiger partial charge on any atom is -0.343 e. The molecule has 0 amide bonds. The zero-order chi connectivity index (χ0) is 15.4. The third-order valence-corrected chi connectivity index (χ3v) is 4.86. The first-order valence-corrected chi connectivity index (χ1v) is 7.42. The Kier molecular flexibility index (Phi) is 2.74. The molecule has 1 fully saturated rings. The fraction of sp³-hybridized carbons (Fsp3) is 0.333. The van der Waals surface area contributed by atoms with E-state index >= 15 is 0 Å². The summed E-state index contributed by atoms with van der Waals surface area (Å²) in [6, 6.07) is 15.4. The van der Waals surface area contributed by atoms with Crippen LogP contribution >= 0.6 is 0 Å². The van der Waals surface area contributed by atoms with E-state index in [2.05, 4.69) is 0 Å². The molecule has 0 aromatic heterocycles. The highest BCUT2D eigenvalue weighted by atomic mass is 19.4. The average Bonchev–Trinajstić information content (AvgIpc) is 3.19. The predicted octanol–water partition coefficient (Wildman–Crippen LogP) is 4.71. The molecule has 0 bridgehead atoms. The van der Waals surface area contributed by atoms with E-state index in [-0.39, 0.29) is 5.56 Å². The van der Waals surface area contributed by atoms with Crippen LogP contribution in [-0.2, 0) is 22.4 Å². The molecule has 2 aromatic carbocycles. The van der Waals surface area contributed by atoms with Crippen LogP contribution in [0.25, 0.3) is 0 Å². The molecule has 2 atom stereocenters. The van der Waals surface area contributed by atoms with Gasteiger partial charge in [0.15, 0.2) is 0 Å². The highest BCUT2D eigenvalue weighted by molar-refractivity contribution is 5.48. The maximum atomic E-state index is 14.0. The molecule has 4 rings (SSSR count). The Labute approximate surface area is 126 Å². The Morgan fingerprint density at radius 1 is 0.909 bits per heavy atom. The summed E-state index contributed by atoms with van der Waals surface area (Å²) in [6.07, 6.45) is -2.52. The van der Waals surface area contributed by atoms with Crippen molar-refractivity contribution in [2.45, 2.75) is 36.6 Å². The quantitative estimate of drug-likeness (QED) is 0.695. The first-order chi connectivity index (χ1) is 10.5. The van der Waals surface area contributed by atoms with Crippen LogP contribution in [-0.4, -0.2) is 6.18 Å². The van der Waals surface area contributed by atoms with Gasteiger partial charge in [0.25, 0.3) is 0 Å². The van der Waals surface area contributed by atoms with E-state index in [0.29, 0.717) is 18.4 Å². The monoisotopic (exact) mass is 304 g/mol. The van der Waals surface area contributed by atoms with Crippen molar-refractivity contribution in [3.05, 3.63) is 71.3 Å². The van der Waals surface area contributed by atoms with Crippen LogP contribution in [0.1, 0.15) is 29.5 Å². The number of epoxide rings is 1. The third kappa shape index (κ3) is 1.59. The molecule has 2 aromatic rings. The van der Waals surface area contributed by atoms with Gasteiger partial charge in [-0.25, -0.2) is 0 Å². The first kappa shape index (κ1) is 13.8. The number of rotatable bonds is 1. The van der Waals surface area contributed by atoms with Gasteiger partial charge in [-0.15, -0.1) is 0 Å². The summed E-state index contributed by atoms with van der Waals surface area (Å²) in [7, 11) is 0. The summed E-state index contributed by atoms with van der Waals surface area (Å²) in [5.41, 5.74) is -1.61. The predicted molar refractivity (Wildman–Crippen MR) is 76.3 cm³/mol. The topological polar surface area (TPSA) is 12.5 Å². The number of benzene rings is 2. The maximum Gasteiger partial charge on any atom is 0.425 e. The Morgan fingerprint density at radius 3 is 2.32 bits per heavy atom. The number of halogens is 3. The second kappa shape index (κ2) is 4.35. The summed E-state index contributed by atoms with van der Waals surface area (Å²) < 4.78 is 47.5. The van der Waals surface area contributed by atoms with Crippen LogP contribution in [0.2, 0.25) is 0 Å². The Bertz CT molecular complexity index is 710. The number of alkyl halides is 3. The van der Waals surface area contributed by atoms with Crippen molar-refractivity contribution in [3.63, 3.8) is 0 Å². The average molecular weight is 304 g/mol. The summed E-state index contributed by atoms with van der Waals surface area (Å²) in [5.74, 6) is 0. The van der Waals surface area contributed by atoms with Crippen molar-refractivity contribution in [2.24, 2.45) is 0 Å². The van der Waals surface area contributed by atoms with Gasteiger partial charge in [-0.05, 0) is 36.0 Å². The molecule has 114 valence electrons. The van der Waals surface area contributed by atoms with E-state index in [1.165, 1.54) is 12.1 Å². The zero-order valence-corrected chi connectivity index (χ0v) is 11.9. The summed E-state index contributed by atoms with van der Waals surface area (Å²) in [6.45, 7) is 0. The lowest BCUT2D eigenvalue weighted by Crippen LogP contribution is -2.38. The van der Waals surface area contributed by atoms with Crippen molar-refractivity contribution >= 4 is 0 Å². The molecule has 1 spiro atoms. The highest BCUT2D eigenvalue weighted by Gasteiger charge is 2.84. The largest absolute Gasteiger partial charge is 0.425 e. The Hall–Kier alpha value is -1.81. The fourth-order valence-corrected chi connectivity index (χ4v) is 3.92. The van der Waals surface area contributed by atoms with Crippen LogP contribution in [0.3, 0.4) is 0 Å². The summed E-state index contributed by atoms with van der Waals surface area (Å²) >= 11 is 0. The number of ether oxygens (including phenoxy) is 1. The lowest BCUT2D eigenvalue weighted by molar-refractivity contribution is -0.188. The van der Waals surface area contributed by atoms with Crippen molar-refractivity contribution < 1.29 is 17.9 Å². The van der Waals surface area contributed by atoms with E-state index in [1.54, 1.807) is 30.3 Å². The van der Waals surface area contributed by atoms with Crippen molar-refractivity contribution in [3.8, 4) is 0 Å². The second-order valence-electron chi connectivity index (χ2n) is 5.98. The summed E-state index contributed by atoms with van der Waals surface area (Å²) in [4.78, 5) is 0. The van der Waals surface area contributed by atoms with Crippen LogP contribution in [0.5, 0.6) is 0 Å². The smallest absolute Gasteiger partial charge is 0.343 e. The zero-order valence-electron chi connectivity index (χ0n) is 11.9. The van der Waals surface area contributed by atoms with Gasteiger partial charge < -0.3 is 4.74 Å². The molecule has 1 aliphatic carbocycles. The van der Waals surface area contributed by atoms with Gasteiger partial charge in [-0.1, -0.05) is 54.6 Å². The van der Waals surface area contributed by atoms with E-state index in [1.807, 2.05) is 12.1 Å². The van der Waals surface area contributed by atoms with E-state index in [9.17, 15) is 13.2 Å². The van der Waals surface area contributed by atoms with Gasteiger partial charge >= 0.3 is 6.18 Å². The number of hydrogen-bond acceptors (Lipinski definition) is 1. The molecule has 4 heteroatoms. The van der Waals surface area contributed by atoms with Crippen molar-refractivity contribution in [1.29, 1.82) is 0 Å². The van der Waals surface area contributed by atoms with E-state index in [0.717, 1.165) is 12.0 Å². The van der Waals surface area contributed by atoms with E-state index in [4.69, 9.17) is 4.74 Å². The Morgan fingerprint density at radius 2 is 1.59 bits per heavy atom. The molecule has 0 saturated carbocycles. The lowest BCUT2D eigenvalue weighted by Gasteiger charge is -2.28. The molecule has 0 N–H and O–H groups in total. The van der Waals surface area contributed by atoms with E-state index < -0.39 is 17.4 Å². The molecule has 0 unspecified atom stereocenters. The minimum absolute atomic E-state index is 0.194. The highest BCUT2D eigenvalue weighted by Crippen LogP contribution is 2.72. The van der Waals surface area contributed by atoms with Gasteiger partial charge in [-0.2, -0.15) is 13.2 Å². The lowest BCUT2D eigenvalue weighted by atomic mass is 9.73. The first-order valence-electron chi connectivity index (χ1n) is 7.42. The third-order valence-electron chi connectivity index (χ3n) is 4.86. The number of aryl methyl sites for hydroxylation is 1. The molecule has 1 nitrogen and oxygen atoms in total. The van der Waals surface area contributed by atoms with Gasteiger partial charge in [0.05, 0.1) is 0 Å². The van der Waals surface area contributed by atoms with Crippen molar-refractivity contribution in [2.75, 3.05) is 0 Å². The van der Waals surface area contributed by atoms with Crippen LogP contribution in [0.15, 0.2) is 54.6 Å². The van der Waals surface area contributed by atoms with Gasteiger partial charge in [0, 0.05) is 0 Å². The maximum absolute atomic E-state index is 14.0. The number of fused-ring (bicyclic) bond motifs is 2. The fourth-order valence-electron chi connectivity index (χ4n) is 3.92. The van der Waals surface area contributed by atoms with Crippen LogP contribution in [0, 0.1) is 0 Å². The normalized spacial score (nSPS) is 30.1. The standard InChI is InChI=1S/C18H15F3O/c19-18(20,21)17(14-9-2-1-3-10-14)16(22-17)12-6-8-13-7-4-5-11-15(13)16/h1-5,7,9-11H,6,8,12H2/t16-,17-/m1/s1. The van der Waals surface area contributed by atoms with Crippen LogP contribution in [0.4, 0.5) is 13.2 Å². The SMILES string of the molecule is FC(F)(F)[C@]1(c2ccccc2)O[C@@]12CCCc1ccccc12.